The highest BCUT2D eigenvalue weighted by molar-refractivity contribution is 5.45. The Bertz CT molecular complexity index is 947. The molecule has 4 nitrogen and oxygen atoms in total. The number of hydrogen-bond acceptors (Lipinski definition) is 4. The van der Waals surface area contributed by atoms with Crippen LogP contribution in [0.2, 0.25) is 0 Å². The Morgan fingerprint density at radius 2 is 1.58 bits per heavy atom. The number of alkyl halides is 6. The molecule has 4 rings (SSSR count). The van der Waals surface area contributed by atoms with E-state index in [2.05, 4.69) is 9.88 Å². The van der Waals surface area contributed by atoms with Gasteiger partial charge >= 0.3 is 12.4 Å². The highest BCUT2D eigenvalue weighted by atomic mass is 19.4. The van der Waals surface area contributed by atoms with Crippen LogP contribution in [0.15, 0.2) is 36.5 Å². The first kappa shape index (κ1) is 23.7. The van der Waals surface area contributed by atoms with Crippen molar-refractivity contribution in [1.82, 2.24) is 4.98 Å². The third kappa shape index (κ3) is 5.20. The molecule has 33 heavy (non-hydrogen) atoms. The zero-order valence-electron chi connectivity index (χ0n) is 17.9. The van der Waals surface area contributed by atoms with Gasteiger partial charge in [-0.3, -0.25) is 0 Å². The first-order chi connectivity index (χ1) is 15.6. The van der Waals surface area contributed by atoms with Gasteiger partial charge in [0, 0.05) is 38.2 Å². The maximum absolute atomic E-state index is 13.1. The Morgan fingerprint density at radius 3 is 2.12 bits per heavy atom. The number of fused-ring (bicyclic) bond motifs is 2. The van der Waals surface area contributed by atoms with Crippen LogP contribution >= 0.6 is 0 Å². The maximum atomic E-state index is 13.1. The lowest BCUT2D eigenvalue weighted by molar-refractivity contribution is -0.138. The number of methoxy groups -OCH3 is 1. The van der Waals surface area contributed by atoms with Crippen LogP contribution in [0.4, 0.5) is 32.2 Å². The van der Waals surface area contributed by atoms with Gasteiger partial charge in [0.2, 0.25) is 0 Å². The number of ether oxygens (including phenoxy) is 2. The van der Waals surface area contributed by atoms with Crippen molar-refractivity contribution in [3.8, 4) is 5.75 Å². The number of halogens is 6. The van der Waals surface area contributed by atoms with Crippen LogP contribution in [0.1, 0.15) is 42.4 Å². The quantitative estimate of drug-likeness (QED) is 0.490. The lowest BCUT2D eigenvalue weighted by Gasteiger charge is -2.40. The van der Waals surface area contributed by atoms with Gasteiger partial charge in [-0.25, -0.2) is 4.98 Å². The Balaban J connectivity index is 1.48. The molecule has 0 N–H and O–H groups in total. The van der Waals surface area contributed by atoms with Gasteiger partial charge in [-0.15, -0.1) is 0 Å². The number of pyridine rings is 1. The molecule has 180 valence electrons. The van der Waals surface area contributed by atoms with Crippen molar-refractivity contribution in [3.05, 3.63) is 53.2 Å². The summed E-state index contributed by atoms with van der Waals surface area (Å²) < 4.78 is 89.1. The molecule has 0 spiro atoms. The van der Waals surface area contributed by atoms with Crippen LogP contribution in [0.5, 0.6) is 5.75 Å². The molecule has 3 heterocycles. The minimum atomic E-state index is -4.44. The maximum Gasteiger partial charge on any atom is 0.417 e. The summed E-state index contributed by atoms with van der Waals surface area (Å²) in [5.74, 6) is 0.912. The molecular formula is C23H24F6N2O2. The normalized spacial score (nSPS) is 23.1. The van der Waals surface area contributed by atoms with Gasteiger partial charge < -0.3 is 14.4 Å². The van der Waals surface area contributed by atoms with Crippen LogP contribution in [0.3, 0.4) is 0 Å². The van der Waals surface area contributed by atoms with Gasteiger partial charge in [0.1, 0.15) is 17.7 Å². The zero-order chi connectivity index (χ0) is 23.8. The molecule has 2 unspecified atom stereocenters. The second kappa shape index (κ2) is 9.04. The summed E-state index contributed by atoms with van der Waals surface area (Å²) in [6.45, 7) is 0.265. The van der Waals surface area contributed by atoms with Crippen LogP contribution in [-0.2, 0) is 23.5 Å². The second-order valence-corrected chi connectivity index (χ2v) is 8.47. The average molecular weight is 474 g/mol. The highest BCUT2D eigenvalue weighted by Crippen LogP contribution is 2.41. The first-order valence-corrected chi connectivity index (χ1v) is 10.7. The lowest BCUT2D eigenvalue weighted by Crippen LogP contribution is -2.47. The molecule has 1 aromatic heterocycles. The molecule has 0 saturated carbocycles. The Kier molecular flexibility index (Phi) is 6.48. The summed E-state index contributed by atoms with van der Waals surface area (Å²) in [4.78, 5) is 6.10. The first-order valence-electron chi connectivity index (χ1n) is 10.7. The van der Waals surface area contributed by atoms with Crippen LogP contribution in [-0.4, -0.2) is 36.9 Å². The van der Waals surface area contributed by atoms with E-state index in [9.17, 15) is 26.3 Å². The van der Waals surface area contributed by atoms with Gasteiger partial charge in [-0.1, -0.05) is 0 Å². The van der Waals surface area contributed by atoms with Gasteiger partial charge in [-0.2, -0.15) is 26.3 Å². The number of benzene rings is 1. The summed E-state index contributed by atoms with van der Waals surface area (Å²) in [5, 5.41) is 0. The molecule has 10 heteroatoms. The fourth-order valence-electron chi connectivity index (χ4n) is 4.76. The predicted molar refractivity (Wildman–Crippen MR) is 109 cm³/mol. The number of piperidine rings is 1. The third-order valence-electron chi connectivity index (χ3n) is 6.29. The Labute approximate surface area is 187 Å². The molecule has 2 aliphatic rings. The summed E-state index contributed by atoms with van der Waals surface area (Å²) in [6, 6.07) is 6.01. The summed E-state index contributed by atoms with van der Waals surface area (Å²) >= 11 is 0. The number of rotatable bonds is 6. The third-order valence-corrected chi connectivity index (χ3v) is 6.29. The topological polar surface area (TPSA) is 34.6 Å². The van der Waals surface area contributed by atoms with Crippen molar-refractivity contribution in [2.45, 2.75) is 62.6 Å². The predicted octanol–water partition coefficient (Wildman–Crippen LogP) is 5.89. The summed E-state index contributed by atoms with van der Waals surface area (Å²) in [7, 11) is 1.48. The fourth-order valence-corrected chi connectivity index (χ4v) is 4.76. The number of nitrogens with zero attached hydrogens (tertiary/aromatic N) is 2. The van der Waals surface area contributed by atoms with Crippen molar-refractivity contribution in [3.63, 3.8) is 0 Å². The van der Waals surface area contributed by atoms with Crippen molar-refractivity contribution in [2.24, 2.45) is 0 Å². The molecule has 1 aromatic carbocycles. The Morgan fingerprint density at radius 1 is 0.939 bits per heavy atom. The van der Waals surface area contributed by atoms with E-state index in [0.717, 1.165) is 37.2 Å². The molecule has 0 radical (unpaired) electrons. The van der Waals surface area contributed by atoms with E-state index in [-0.39, 0.29) is 31.2 Å². The lowest BCUT2D eigenvalue weighted by atomic mass is 9.99. The SMILES string of the molecule is COCCc1cc(C(F)(F)F)ccc1OC1CC2CCC(C1)N2c1ccc(C(F)(F)F)cn1. The van der Waals surface area contributed by atoms with E-state index in [0.29, 0.717) is 30.0 Å². The summed E-state index contributed by atoms with van der Waals surface area (Å²) in [6.07, 6.45) is -5.00. The van der Waals surface area contributed by atoms with E-state index in [1.165, 1.54) is 19.2 Å². The molecule has 2 atom stereocenters. The van der Waals surface area contributed by atoms with Crippen molar-refractivity contribution >= 4 is 5.82 Å². The van der Waals surface area contributed by atoms with E-state index in [1.54, 1.807) is 0 Å². The van der Waals surface area contributed by atoms with E-state index in [4.69, 9.17) is 9.47 Å². The van der Waals surface area contributed by atoms with Gasteiger partial charge in [0.25, 0.3) is 0 Å². The van der Waals surface area contributed by atoms with Crippen molar-refractivity contribution in [1.29, 1.82) is 0 Å². The fraction of sp³-hybridized carbons (Fsp3) is 0.522. The monoisotopic (exact) mass is 474 g/mol. The van der Waals surface area contributed by atoms with Crippen molar-refractivity contribution < 1.29 is 35.8 Å². The molecular weight excluding hydrogens is 450 g/mol. The molecule has 2 aromatic rings. The van der Waals surface area contributed by atoms with Crippen molar-refractivity contribution in [2.75, 3.05) is 18.6 Å². The smallest absolute Gasteiger partial charge is 0.417 e. The Hall–Kier alpha value is -2.49. The molecule has 2 saturated heterocycles. The second-order valence-electron chi connectivity index (χ2n) is 8.47. The number of hydrogen-bond donors (Lipinski definition) is 0. The minimum absolute atomic E-state index is 0.0508. The molecule has 2 bridgehead atoms. The molecule has 0 aliphatic carbocycles. The molecule has 2 fully saturated rings. The largest absolute Gasteiger partial charge is 0.490 e. The van der Waals surface area contributed by atoms with Crippen LogP contribution in [0, 0.1) is 0 Å². The highest BCUT2D eigenvalue weighted by Gasteiger charge is 2.43. The minimum Gasteiger partial charge on any atom is -0.490 e. The number of anilines is 1. The molecule has 2 aliphatic heterocycles. The van der Waals surface area contributed by atoms with Gasteiger partial charge in [0.05, 0.1) is 17.7 Å². The van der Waals surface area contributed by atoms with Crippen LogP contribution in [0.25, 0.3) is 0 Å². The molecule has 0 amide bonds. The van der Waals surface area contributed by atoms with Gasteiger partial charge in [0.15, 0.2) is 0 Å². The van der Waals surface area contributed by atoms with E-state index >= 15 is 0 Å². The summed E-state index contributed by atoms with van der Waals surface area (Å²) in [5.41, 5.74) is -1.09. The number of aromatic nitrogens is 1. The van der Waals surface area contributed by atoms with E-state index < -0.39 is 23.5 Å². The van der Waals surface area contributed by atoms with E-state index in [1.807, 2.05) is 0 Å². The van der Waals surface area contributed by atoms with Gasteiger partial charge in [-0.05, 0) is 55.2 Å². The average Bonchev–Trinajstić information content (AvgIpc) is 3.02. The zero-order valence-corrected chi connectivity index (χ0v) is 17.9. The van der Waals surface area contributed by atoms with Crippen LogP contribution < -0.4 is 9.64 Å². The standard InChI is InChI=1S/C23H24F6N2O2/c1-32-9-8-14-10-15(22(24,25)26)2-6-20(14)33-19-11-17-4-5-18(12-19)31(17)21-7-3-16(13-30-21)23(27,28)29/h2-3,6-7,10,13,17-19H,4-5,8-9,11-12H2,1H3.